The molecule has 2 aromatic carbocycles. The van der Waals surface area contributed by atoms with Crippen LogP contribution >= 0.6 is 0 Å². The molecule has 2 aromatic rings. The van der Waals surface area contributed by atoms with Crippen molar-refractivity contribution in [2.75, 3.05) is 6.61 Å². The first-order chi connectivity index (χ1) is 10.6. The lowest BCUT2D eigenvalue weighted by Crippen LogP contribution is -2.01. The highest BCUT2D eigenvalue weighted by atomic mass is 19.2. The van der Waals surface area contributed by atoms with Crippen LogP contribution in [-0.2, 0) is 0 Å². The van der Waals surface area contributed by atoms with E-state index in [4.69, 9.17) is 4.74 Å². The predicted octanol–water partition coefficient (Wildman–Crippen LogP) is 4.85. The van der Waals surface area contributed by atoms with E-state index >= 15 is 0 Å². The molecule has 0 N–H and O–H groups in total. The van der Waals surface area contributed by atoms with Crippen LogP contribution < -0.4 is 4.74 Å². The Bertz CT molecular complexity index is 694. The number of benzene rings is 2. The Morgan fingerprint density at radius 3 is 2.36 bits per heavy atom. The lowest BCUT2D eigenvalue weighted by molar-refractivity contribution is 0.288. The molecule has 22 heavy (non-hydrogen) atoms. The van der Waals surface area contributed by atoms with Crippen LogP contribution in [0.3, 0.4) is 0 Å². The van der Waals surface area contributed by atoms with Crippen LogP contribution in [0.5, 0.6) is 5.75 Å². The van der Waals surface area contributed by atoms with Crippen LogP contribution in [0.4, 0.5) is 8.78 Å². The highest BCUT2D eigenvalue weighted by Gasteiger charge is 2.13. The number of unbranched alkanes of at least 4 members (excludes halogenated alkanes) is 1. The summed E-state index contributed by atoms with van der Waals surface area (Å²) < 4.78 is 33.1. The number of halogens is 2. The second-order valence-corrected chi connectivity index (χ2v) is 5.06. The molecule has 0 bridgehead atoms. The quantitative estimate of drug-likeness (QED) is 0.579. The molecular formula is C19H18F2O. The van der Waals surface area contributed by atoms with Crippen molar-refractivity contribution in [2.24, 2.45) is 0 Å². The summed E-state index contributed by atoms with van der Waals surface area (Å²) in [6.07, 6.45) is 1.74. The fraction of sp³-hybridized carbons (Fsp3) is 0.263. The molecule has 2 rings (SSSR count). The maximum Gasteiger partial charge on any atom is 0.201 e. The maximum atomic E-state index is 14.0. The molecule has 0 aliphatic rings. The van der Waals surface area contributed by atoms with Gasteiger partial charge in [0, 0.05) is 5.56 Å². The molecule has 0 aliphatic carbocycles. The minimum absolute atomic E-state index is 0.0286. The summed E-state index contributed by atoms with van der Waals surface area (Å²) in [6, 6.07) is 10.4. The van der Waals surface area contributed by atoms with Crippen molar-refractivity contribution in [3.05, 3.63) is 64.7 Å². The molecule has 0 aliphatic heterocycles. The summed E-state index contributed by atoms with van der Waals surface area (Å²) in [7, 11) is 0. The number of rotatable bonds is 4. The molecule has 0 radical (unpaired) electrons. The second kappa shape index (κ2) is 7.61. The molecule has 0 heterocycles. The highest BCUT2D eigenvalue weighted by molar-refractivity contribution is 5.46. The lowest BCUT2D eigenvalue weighted by atomic mass is 10.1. The minimum Gasteiger partial charge on any atom is -0.490 e. The monoisotopic (exact) mass is 300 g/mol. The summed E-state index contributed by atoms with van der Waals surface area (Å²) in [5.74, 6) is 3.49. The van der Waals surface area contributed by atoms with Crippen molar-refractivity contribution < 1.29 is 13.5 Å². The third-order valence-corrected chi connectivity index (χ3v) is 3.20. The van der Waals surface area contributed by atoms with Gasteiger partial charge in [0.15, 0.2) is 11.6 Å². The average Bonchev–Trinajstić information content (AvgIpc) is 2.52. The molecule has 0 fully saturated rings. The average molecular weight is 300 g/mol. The third kappa shape index (κ3) is 4.08. The maximum absolute atomic E-state index is 14.0. The Morgan fingerprint density at radius 1 is 0.955 bits per heavy atom. The molecular weight excluding hydrogens is 282 g/mol. The van der Waals surface area contributed by atoms with Gasteiger partial charge in [-0.2, -0.15) is 4.39 Å². The van der Waals surface area contributed by atoms with Crippen LogP contribution in [0, 0.1) is 30.4 Å². The van der Waals surface area contributed by atoms with Crippen molar-refractivity contribution in [2.45, 2.75) is 26.7 Å². The fourth-order valence-corrected chi connectivity index (χ4v) is 1.84. The van der Waals surface area contributed by atoms with E-state index in [2.05, 4.69) is 11.8 Å². The van der Waals surface area contributed by atoms with Gasteiger partial charge >= 0.3 is 0 Å². The molecule has 0 aromatic heterocycles. The Morgan fingerprint density at radius 2 is 1.68 bits per heavy atom. The Kier molecular flexibility index (Phi) is 5.55. The zero-order valence-corrected chi connectivity index (χ0v) is 12.7. The molecule has 3 heteroatoms. The minimum atomic E-state index is -0.980. The number of aryl methyl sites for hydroxylation is 1. The zero-order valence-electron chi connectivity index (χ0n) is 12.7. The molecule has 0 amide bonds. The van der Waals surface area contributed by atoms with Crippen molar-refractivity contribution in [1.82, 2.24) is 0 Å². The normalized spacial score (nSPS) is 10.0. The molecule has 0 unspecified atom stereocenters. The Labute approximate surface area is 129 Å². The van der Waals surface area contributed by atoms with Gasteiger partial charge in [0.05, 0.1) is 12.2 Å². The lowest BCUT2D eigenvalue weighted by Gasteiger charge is -2.07. The zero-order chi connectivity index (χ0) is 15.9. The van der Waals surface area contributed by atoms with E-state index < -0.39 is 11.6 Å². The summed E-state index contributed by atoms with van der Waals surface area (Å²) in [5.41, 5.74) is 1.91. The molecule has 0 saturated carbocycles. The van der Waals surface area contributed by atoms with E-state index in [1.807, 2.05) is 38.1 Å². The smallest absolute Gasteiger partial charge is 0.201 e. The van der Waals surface area contributed by atoms with Gasteiger partial charge in [-0.05, 0) is 37.6 Å². The van der Waals surface area contributed by atoms with E-state index in [1.54, 1.807) is 0 Å². The molecule has 0 saturated heterocycles. The number of hydrogen-bond donors (Lipinski definition) is 0. The molecule has 0 atom stereocenters. The SMILES string of the molecule is CCCCOc1ccc(C#Cc2ccc(C)cc2)c(F)c1F. The van der Waals surface area contributed by atoms with Gasteiger partial charge in [-0.3, -0.25) is 0 Å². The van der Waals surface area contributed by atoms with Crippen molar-refractivity contribution in [3.63, 3.8) is 0 Å². The van der Waals surface area contributed by atoms with Crippen LogP contribution in [0.25, 0.3) is 0 Å². The fourth-order valence-electron chi connectivity index (χ4n) is 1.84. The van der Waals surface area contributed by atoms with Gasteiger partial charge in [-0.1, -0.05) is 42.9 Å². The number of hydrogen-bond acceptors (Lipinski definition) is 1. The van der Waals surface area contributed by atoms with E-state index in [0.29, 0.717) is 6.61 Å². The van der Waals surface area contributed by atoms with E-state index in [9.17, 15) is 8.78 Å². The van der Waals surface area contributed by atoms with Crippen molar-refractivity contribution in [3.8, 4) is 17.6 Å². The van der Waals surface area contributed by atoms with E-state index in [1.165, 1.54) is 12.1 Å². The summed E-state index contributed by atoms with van der Waals surface area (Å²) in [5, 5.41) is 0. The first-order valence-electron chi connectivity index (χ1n) is 7.31. The van der Waals surface area contributed by atoms with Gasteiger partial charge < -0.3 is 4.74 Å². The van der Waals surface area contributed by atoms with Crippen LogP contribution in [-0.4, -0.2) is 6.61 Å². The predicted molar refractivity (Wildman–Crippen MR) is 83.9 cm³/mol. The largest absolute Gasteiger partial charge is 0.490 e. The molecule has 1 nitrogen and oxygen atoms in total. The van der Waals surface area contributed by atoms with Gasteiger partial charge in [0.2, 0.25) is 5.82 Å². The molecule has 114 valence electrons. The van der Waals surface area contributed by atoms with Gasteiger partial charge in [0.25, 0.3) is 0 Å². The topological polar surface area (TPSA) is 9.23 Å². The third-order valence-electron chi connectivity index (χ3n) is 3.20. The first kappa shape index (κ1) is 16.0. The van der Waals surface area contributed by atoms with Crippen molar-refractivity contribution in [1.29, 1.82) is 0 Å². The van der Waals surface area contributed by atoms with Gasteiger partial charge in [0.1, 0.15) is 0 Å². The van der Waals surface area contributed by atoms with Gasteiger partial charge in [-0.15, -0.1) is 0 Å². The van der Waals surface area contributed by atoms with Crippen LogP contribution in [0.1, 0.15) is 36.5 Å². The molecule has 0 spiro atoms. The summed E-state index contributed by atoms with van der Waals surface area (Å²) in [4.78, 5) is 0. The van der Waals surface area contributed by atoms with Crippen LogP contribution in [0.2, 0.25) is 0 Å². The summed E-state index contributed by atoms with van der Waals surface area (Å²) >= 11 is 0. The standard InChI is InChI=1S/C19H18F2O/c1-3-4-13-22-17-12-11-16(18(20)19(17)21)10-9-15-7-5-14(2)6-8-15/h5-8,11-12H,3-4,13H2,1-2H3. The van der Waals surface area contributed by atoms with E-state index in [-0.39, 0.29) is 11.3 Å². The Balaban J connectivity index is 2.19. The van der Waals surface area contributed by atoms with E-state index in [0.717, 1.165) is 24.0 Å². The summed E-state index contributed by atoms with van der Waals surface area (Å²) in [6.45, 7) is 4.36. The second-order valence-electron chi connectivity index (χ2n) is 5.06. The van der Waals surface area contributed by atoms with Crippen LogP contribution in [0.15, 0.2) is 36.4 Å². The van der Waals surface area contributed by atoms with Crippen molar-refractivity contribution >= 4 is 0 Å². The van der Waals surface area contributed by atoms with Gasteiger partial charge in [-0.25, -0.2) is 4.39 Å². The first-order valence-corrected chi connectivity index (χ1v) is 7.31. The number of ether oxygens (including phenoxy) is 1. The highest BCUT2D eigenvalue weighted by Crippen LogP contribution is 2.22. The Hall–Kier alpha value is -2.34.